The first-order valence-electron chi connectivity index (χ1n) is 7.60. The maximum Gasteiger partial charge on any atom is 0.243 e. The molecule has 21 heavy (non-hydrogen) atoms. The van der Waals surface area contributed by atoms with E-state index in [2.05, 4.69) is 11.4 Å². The summed E-state index contributed by atoms with van der Waals surface area (Å²) in [6.07, 6.45) is 0.832. The highest BCUT2D eigenvalue weighted by molar-refractivity contribution is 7.89. The van der Waals surface area contributed by atoms with Crippen LogP contribution in [0.2, 0.25) is 0 Å². The molecule has 118 valence electrons. The van der Waals surface area contributed by atoms with Crippen LogP contribution in [0.25, 0.3) is 0 Å². The molecule has 1 aromatic carbocycles. The van der Waals surface area contributed by atoms with E-state index in [9.17, 15) is 8.42 Å². The van der Waals surface area contributed by atoms with Gasteiger partial charge < -0.3 is 5.32 Å². The quantitative estimate of drug-likeness (QED) is 0.908. The summed E-state index contributed by atoms with van der Waals surface area (Å²) in [7, 11) is -3.44. The van der Waals surface area contributed by atoms with Crippen molar-refractivity contribution in [3.05, 3.63) is 28.3 Å². The lowest BCUT2D eigenvalue weighted by molar-refractivity contribution is 0.241. The Bertz CT molecular complexity index is 608. The molecular weight excluding hydrogens is 284 g/mol. The molecule has 0 saturated carbocycles. The number of aryl methyl sites for hydroxylation is 2. The van der Waals surface area contributed by atoms with Gasteiger partial charge in [0.1, 0.15) is 0 Å². The summed E-state index contributed by atoms with van der Waals surface area (Å²) in [5.74, 6) is 0. The van der Waals surface area contributed by atoms with Gasteiger partial charge in [-0.3, -0.25) is 0 Å². The van der Waals surface area contributed by atoms with Gasteiger partial charge in [0.25, 0.3) is 0 Å². The number of nitrogens with one attached hydrogen (secondary N) is 1. The first-order valence-corrected chi connectivity index (χ1v) is 9.04. The third-order valence-electron chi connectivity index (χ3n) is 4.48. The molecule has 4 nitrogen and oxygen atoms in total. The maximum absolute atomic E-state index is 13.2. The van der Waals surface area contributed by atoms with Gasteiger partial charge in [0.05, 0.1) is 10.9 Å². The third kappa shape index (κ3) is 2.87. The summed E-state index contributed by atoms with van der Waals surface area (Å²) < 4.78 is 28.1. The minimum absolute atomic E-state index is 0.0922. The Balaban J connectivity index is 2.57. The number of nitrogens with zero attached hydrogens (tertiary/aromatic N) is 1. The molecule has 1 saturated heterocycles. The van der Waals surface area contributed by atoms with Crippen molar-refractivity contribution in [2.75, 3.05) is 19.6 Å². The minimum atomic E-state index is -3.44. The zero-order chi connectivity index (χ0) is 15.8. The van der Waals surface area contributed by atoms with Crippen LogP contribution in [0.5, 0.6) is 0 Å². The molecule has 1 N–H and O–H groups in total. The molecule has 0 unspecified atom stereocenters. The first kappa shape index (κ1) is 16.5. The van der Waals surface area contributed by atoms with Crippen molar-refractivity contribution in [1.82, 2.24) is 9.62 Å². The molecule has 2 rings (SSSR count). The van der Waals surface area contributed by atoms with Crippen molar-refractivity contribution in [3.8, 4) is 0 Å². The fraction of sp³-hybridized carbons (Fsp3) is 0.625. The highest BCUT2D eigenvalue weighted by atomic mass is 32.2. The fourth-order valence-corrected chi connectivity index (χ4v) is 5.18. The Morgan fingerprint density at radius 3 is 2.05 bits per heavy atom. The predicted octanol–water partition coefficient (Wildman–Crippen LogP) is 2.29. The molecule has 1 aliphatic heterocycles. The predicted molar refractivity (Wildman–Crippen MR) is 86.2 cm³/mol. The minimum Gasteiger partial charge on any atom is -0.313 e. The van der Waals surface area contributed by atoms with Crippen molar-refractivity contribution in [1.29, 1.82) is 0 Å². The lowest BCUT2D eigenvalue weighted by Gasteiger charge is -2.37. The molecule has 0 spiro atoms. The van der Waals surface area contributed by atoms with Crippen LogP contribution in [0.4, 0.5) is 0 Å². The number of benzene rings is 1. The van der Waals surface area contributed by atoms with Crippen molar-refractivity contribution in [3.63, 3.8) is 0 Å². The van der Waals surface area contributed by atoms with Crippen molar-refractivity contribution in [2.45, 2.75) is 52.0 Å². The average Bonchev–Trinajstić information content (AvgIpc) is 2.34. The number of rotatable bonds is 5. The van der Waals surface area contributed by atoms with Crippen LogP contribution in [-0.4, -0.2) is 38.4 Å². The maximum atomic E-state index is 13.2. The Morgan fingerprint density at radius 1 is 1.14 bits per heavy atom. The molecule has 1 heterocycles. The molecule has 0 aliphatic carbocycles. The standard InChI is InChI=1S/C16H26N2O2S/c1-6-7-18(15-9-17-10-15)21(19,20)16-13(4)11(2)8-12(3)14(16)5/h8,15,17H,6-7,9-10H2,1-5H3. The van der Waals surface area contributed by atoms with Crippen LogP contribution < -0.4 is 5.32 Å². The van der Waals surface area contributed by atoms with Crippen LogP contribution in [0.1, 0.15) is 35.6 Å². The Kier molecular flexibility index (Phi) is 4.76. The molecule has 1 aromatic rings. The Morgan fingerprint density at radius 2 is 1.67 bits per heavy atom. The highest BCUT2D eigenvalue weighted by Crippen LogP contribution is 2.30. The zero-order valence-corrected chi connectivity index (χ0v) is 14.5. The Hall–Kier alpha value is -0.910. The summed E-state index contributed by atoms with van der Waals surface area (Å²) in [4.78, 5) is 0.514. The van der Waals surface area contributed by atoms with Gasteiger partial charge in [-0.25, -0.2) is 8.42 Å². The van der Waals surface area contributed by atoms with E-state index in [4.69, 9.17) is 0 Å². The topological polar surface area (TPSA) is 49.4 Å². The van der Waals surface area contributed by atoms with E-state index >= 15 is 0 Å². The molecule has 5 heteroatoms. The van der Waals surface area contributed by atoms with Gasteiger partial charge >= 0.3 is 0 Å². The van der Waals surface area contributed by atoms with Crippen molar-refractivity contribution >= 4 is 10.0 Å². The van der Waals surface area contributed by atoms with Crippen LogP contribution in [0.15, 0.2) is 11.0 Å². The second-order valence-corrected chi connectivity index (χ2v) is 7.84. The monoisotopic (exact) mass is 310 g/mol. The summed E-state index contributed by atoms with van der Waals surface area (Å²) in [5.41, 5.74) is 3.85. The van der Waals surface area contributed by atoms with Crippen LogP contribution in [-0.2, 0) is 10.0 Å². The highest BCUT2D eigenvalue weighted by Gasteiger charge is 2.36. The van der Waals surface area contributed by atoms with Crippen molar-refractivity contribution in [2.24, 2.45) is 0 Å². The molecule has 0 atom stereocenters. The lowest BCUT2D eigenvalue weighted by Crippen LogP contribution is -2.59. The van der Waals surface area contributed by atoms with E-state index in [1.165, 1.54) is 0 Å². The lowest BCUT2D eigenvalue weighted by atomic mass is 10.0. The van der Waals surface area contributed by atoms with Gasteiger partial charge in [0, 0.05) is 19.6 Å². The molecule has 0 amide bonds. The number of sulfonamides is 1. The van der Waals surface area contributed by atoms with Gasteiger partial charge in [0.2, 0.25) is 10.0 Å². The first-order chi connectivity index (χ1) is 9.80. The van der Waals surface area contributed by atoms with Crippen LogP contribution in [0, 0.1) is 27.7 Å². The summed E-state index contributed by atoms with van der Waals surface area (Å²) >= 11 is 0. The van der Waals surface area contributed by atoms with Gasteiger partial charge in [-0.05, 0) is 56.4 Å². The number of hydrogen-bond acceptors (Lipinski definition) is 3. The van der Waals surface area contributed by atoms with Gasteiger partial charge in [-0.2, -0.15) is 4.31 Å². The average molecular weight is 310 g/mol. The summed E-state index contributed by atoms with van der Waals surface area (Å²) in [6, 6.07) is 2.16. The second kappa shape index (κ2) is 6.07. The zero-order valence-electron chi connectivity index (χ0n) is 13.7. The van der Waals surface area contributed by atoms with E-state index in [0.29, 0.717) is 11.4 Å². The van der Waals surface area contributed by atoms with E-state index in [-0.39, 0.29) is 6.04 Å². The van der Waals surface area contributed by atoms with E-state index in [0.717, 1.165) is 41.8 Å². The van der Waals surface area contributed by atoms with Crippen molar-refractivity contribution < 1.29 is 8.42 Å². The molecule has 1 aliphatic rings. The van der Waals surface area contributed by atoms with Crippen LogP contribution in [0.3, 0.4) is 0 Å². The van der Waals surface area contributed by atoms with Crippen LogP contribution >= 0.6 is 0 Å². The molecule has 0 aromatic heterocycles. The SMILES string of the molecule is CCCN(C1CNC1)S(=O)(=O)c1c(C)c(C)cc(C)c1C. The third-order valence-corrected chi connectivity index (χ3v) is 6.70. The smallest absolute Gasteiger partial charge is 0.243 e. The Labute approximate surface area is 128 Å². The second-order valence-electron chi connectivity index (χ2n) is 6.02. The van der Waals surface area contributed by atoms with E-state index in [1.54, 1.807) is 4.31 Å². The molecule has 1 fully saturated rings. The van der Waals surface area contributed by atoms with Gasteiger partial charge in [0.15, 0.2) is 0 Å². The number of hydrogen-bond donors (Lipinski definition) is 1. The summed E-state index contributed by atoms with van der Waals surface area (Å²) in [5, 5.41) is 3.17. The summed E-state index contributed by atoms with van der Waals surface area (Å²) in [6.45, 7) is 11.9. The largest absolute Gasteiger partial charge is 0.313 e. The van der Waals surface area contributed by atoms with E-state index in [1.807, 2.05) is 34.6 Å². The fourth-order valence-electron chi connectivity index (χ4n) is 2.88. The molecular formula is C16H26N2O2S. The van der Waals surface area contributed by atoms with Gasteiger partial charge in [-0.15, -0.1) is 0 Å². The van der Waals surface area contributed by atoms with Gasteiger partial charge in [-0.1, -0.05) is 13.0 Å². The van der Waals surface area contributed by atoms with E-state index < -0.39 is 10.0 Å². The normalized spacial score (nSPS) is 16.3. The molecule has 0 bridgehead atoms. The molecule has 0 radical (unpaired) electrons.